The van der Waals surface area contributed by atoms with Gasteiger partial charge in [0.2, 0.25) is 0 Å². The van der Waals surface area contributed by atoms with Crippen molar-refractivity contribution in [1.29, 1.82) is 0 Å². The topological polar surface area (TPSA) is 50.9 Å². The Bertz CT molecular complexity index is 467. The van der Waals surface area contributed by atoms with Crippen LogP contribution in [0.25, 0.3) is 0 Å². The zero-order chi connectivity index (χ0) is 12.1. The molecule has 17 heavy (non-hydrogen) atoms. The summed E-state index contributed by atoms with van der Waals surface area (Å²) in [7, 11) is 0. The van der Waals surface area contributed by atoms with Crippen LogP contribution in [0.2, 0.25) is 0 Å². The Morgan fingerprint density at radius 2 is 2.18 bits per heavy atom. The van der Waals surface area contributed by atoms with Crippen LogP contribution in [0.1, 0.15) is 10.6 Å². The van der Waals surface area contributed by atoms with E-state index in [1.54, 1.807) is 17.5 Å². The Balaban J connectivity index is 1.71. The molecule has 3 nitrogen and oxygen atoms in total. The van der Waals surface area contributed by atoms with Gasteiger partial charge < -0.3 is 11.1 Å². The van der Waals surface area contributed by atoms with Crippen molar-refractivity contribution in [2.24, 2.45) is 0 Å². The third-order valence-corrected chi connectivity index (χ3v) is 3.96. The van der Waals surface area contributed by atoms with E-state index in [1.807, 2.05) is 12.1 Å². The molecule has 0 fully saturated rings. The zero-order valence-corrected chi connectivity index (χ0v) is 11.7. The number of halogens is 1. The Labute approximate surface area is 113 Å². The van der Waals surface area contributed by atoms with E-state index < -0.39 is 0 Å². The van der Waals surface area contributed by atoms with E-state index in [0.29, 0.717) is 5.69 Å². The molecule has 5 heteroatoms. The third-order valence-electron chi connectivity index (χ3n) is 2.33. The zero-order valence-electron chi connectivity index (χ0n) is 9.32. The molecule has 0 saturated carbocycles. The van der Waals surface area contributed by atoms with Gasteiger partial charge in [0.05, 0.1) is 15.7 Å². The molecular weight excluding hydrogens is 298 g/mol. The normalized spacial score (nSPS) is 10.6. The number of anilines is 1. The van der Waals surface area contributed by atoms with E-state index in [1.165, 1.54) is 8.66 Å². The first-order valence-corrected chi connectivity index (χ1v) is 7.00. The van der Waals surface area contributed by atoms with Crippen LogP contribution in [0, 0.1) is 0 Å². The summed E-state index contributed by atoms with van der Waals surface area (Å²) in [6, 6.07) is 8.06. The molecule has 0 saturated heterocycles. The Morgan fingerprint density at radius 1 is 1.29 bits per heavy atom. The Kier molecular flexibility index (Phi) is 4.53. The van der Waals surface area contributed by atoms with E-state index >= 15 is 0 Å². The molecule has 0 spiro atoms. The molecule has 0 bridgehead atoms. The second-order valence-corrected chi connectivity index (χ2v) is 6.26. The first-order chi connectivity index (χ1) is 8.24. The largest absolute Gasteiger partial charge is 0.397 e. The summed E-state index contributed by atoms with van der Waals surface area (Å²) in [4.78, 5) is 5.59. The lowest BCUT2D eigenvalue weighted by Crippen LogP contribution is -2.16. The lowest BCUT2D eigenvalue weighted by Gasteiger charge is -2.03. The molecule has 0 aliphatic heterocycles. The van der Waals surface area contributed by atoms with Gasteiger partial charge in [0.25, 0.3) is 0 Å². The number of nitrogen functional groups attached to an aromatic ring is 1. The highest BCUT2D eigenvalue weighted by Gasteiger charge is 1.98. The van der Waals surface area contributed by atoms with Gasteiger partial charge in [0.15, 0.2) is 0 Å². The lowest BCUT2D eigenvalue weighted by atomic mass is 10.2. The van der Waals surface area contributed by atoms with Crippen LogP contribution in [-0.4, -0.2) is 11.5 Å². The van der Waals surface area contributed by atoms with E-state index in [2.05, 4.69) is 38.4 Å². The van der Waals surface area contributed by atoms with Gasteiger partial charge in [-0.25, -0.2) is 0 Å². The molecule has 0 unspecified atom stereocenters. The number of pyridine rings is 1. The van der Waals surface area contributed by atoms with Crippen molar-refractivity contribution < 1.29 is 0 Å². The second kappa shape index (κ2) is 6.14. The second-order valence-electron chi connectivity index (χ2n) is 3.72. The highest BCUT2D eigenvalue weighted by atomic mass is 79.9. The number of nitrogens with two attached hydrogens (primary N) is 1. The van der Waals surface area contributed by atoms with Crippen molar-refractivity contribution in [1.82, 2.24) is 10.3 Å². The van der Waals surface area contributed by atoms with Crippen molar-refractivity contribution in [2.45, 2.75) is 13.0 Å². The highest BCUT2D eigenvalue weighted by Crippen LogP contribution is 2.21. The summed E-state index contributed by atoms with van der Waals surface area (Å²) in [5, 5.41) is 3.40. The van der Waals surface area contributed by atoms with Gasteiger partial charge in [-0.05, 0) is 40.2 Å². The molecule has 2 aromatic heterocycles. The number of nitrogens with zero attached hydrogens (tertiary/aromatic N) is 1. The maximum Gasteiger partial charge on any atom is 0.0701 e. The molecule has 0 radical (unpaired) electrons. The van der Waals surface area contributed by atoms with Crippen LogP contribution in [-0.2, 0) is 13.0 Å². The van der Waals surface area contributed by atoms with Gasteiger partial charge >= 0.3 is 0 Å². The number of hydrogen-bond donors (Lipinski definition) is 2. The van der Waals surface area contributed by atoms with Gasteiger partial charge in [0, 0.05) is 30.1 Å². The molecular formula is C12H14BrN3S. The van der Waals surface area contributed by atoms with E-state index in [-0.39, 0.29) is 0 Å². The first-order valence-electron chi connectivity index (χ1n) is 5.39. The molecule has 0 amide bonds. The Hall–Kier alpha value is -0.910. The van der Waals surface area contributed by atoms with Crippen LogP contribution in [0.15, 0.2) is 34.2 Å². The minimum atomic E-state index is 0.713. The smallest absolute Gasteiger partial charge is 0.0701 e. The minimum Gasteiger partial charge on any atom is -0.397 e. The molecule has 2 heterocycles. The molecule has 0 aliphatic carbocycles. The van der Waals surface area contributed by atoms with Crippen molar-refractivity contribution in [2.75, 3.05) is 12.3 Å². The number of rotatable bonds is 5. The summed E-state index contributed by atoms with van der Waals surface area (Å²) < 4.78 is 1.18. The number of nitrogens with one attached hydrogen (secondary N) is 1. The van der Waals surface area contributed by atoms with Gasteiger partial charge in [-0.15, -0.1) is 11.3 Å². The summed E-state index contributed by atoms with van der Waals surface area (Å²) in [6.45, 7) is 1.83. The van der Waals surface area contributed by atoms with Crippen LogP contribution in [0.5, 0.6) is 0 Å². The quantitative estimate of drug-likeness (QED) is 0.835. The molecule has 2 aromatic rings. The van der Waals surface area contributed by atoms with Gasteiger partial charge in [-0.3, -0.25) is 4.98 Å². The van der Waals surface area contributed by atoms with E-state index in [9.17, 15) is 0 Å². The Morgan fingerprint density at radius 3 is 2.82 bits per heavy atom. The lowest BCUT2D eigenvalue weighted by molar-refractivity contribution is 0.686. The molecule has 3 N–H and O–H groups in total. The predicted octanol–water partition coefficient (Wildman–Crippen LogP) is 2.82. The summed E-state index contributed by atoms with van der Waals surface area (Å²) in [6.07, 6.45) is 2.62. The standard InChI is InChI=1S/C12H14BrN3S/c13-12-4-3-11(17-12)8-15-6-5-10-2-1-9(14)7-16-10/h1-4,7,15H,5-6,8,14H2. The maximum absolute atomic E-state index is 5.58. The van der Waals surface area contributed by atoms with E-state index in [0.717, 1.165) is 25.2 Å². The maximum atomic E-state index is 5.58. The molecule has 0 aromatic carbocycles. The number of thiophene rings is 1. The fraction of sp³-hybridized carbons (Fsp3) is 0.250. The van der Waals surface area contributed by atoms with Crippen molar-refractivity contribution in [3.05, 3.63) is 44.8 Å². The van der Waals surface area contributed by atoms with Crippen molar-refractivity contribution >= 4 is 33.0 Å². The molecule has 0 atom stereocenters. The summed E-state index contributed by atoms with van der Waals surface area (Å²) in [5.41, 5.74) is 7.36. The van der Waals surface area contributed by atoms with Crippen LogP contribution in [0.3, 0.4) is 0 Å². The SMILES string of the molecule is Nc1ccc(CCNCc2ccc(Br)s2)nc1. The summed E-state index contributed by atoms with van der Waals surface area (Å²) >= 11 is 5.21. The van der Waals surface area contributed by atoms with Crippen LogP contribution >= 0.6 is 27.3 Å². The molecule has 0 aliphatic rings. The van der Waals surface area contributed by atoms with Gasteiger partial charge in [0.1, 0.15) is 0 Å². The fourth-order valence-corrected chi connectivity index (χ4v) is 2.91. The summed E-state index contributed by atoms with van der Waals surface area (Å²) in [5.74, 6) is 0. The van der Waals surface area contributed by atoms with E-state index in [4.69, 9.17) is 5.73 Å². The monoisotopic (exact) mass is 311 g/mol. The number of hydrogen-bond acceptors (Lipinski definition) is 4. The van der Waals surface area contributed by atoms with Crippen molar-refractivity contribution in [3.63, 3.8) is 0 Å². The molecule has 2 rings (SSSR count). The van der Waals surface area contributed by atoms with Crippen LogP contribution < -0.4 is 11.1 Å². The van der Waals surface area contributed by atoms with Crippen LogP contribution in [0.4, 0.5) is 5.69 Å². The highest BCUT2D eigenvalue weighted by molar-refractivity contribution is 9.11. The average molecular weight is 312 g/mol. The number of aromatic nitrogens is 1. The first kappa shape index (κ1) is 12.5. The molecule has 90 valence electrons. The third kappa shape index (κ3) is 4.11. The van der Waals surface area contributed by atoms with Gasteiger partial charge in [-0.1, -0.05) is 0 Å². The van der Waals surface area contributed by atoms with Gasteiger partial charge in [-0.2, -0.15) is 0 Å². The minimum absolute atomic E-state index is 0.713. The van der Waals surface area contributed by atoms with Crippen molar-refractivity contribution in [3.8, 4) is 0 Å². The predicted molar refractivity (Wildman–Crippen MR) is 76.1 cm³/mol. The average Bonchev–Trinajstić information content (AvgIpc) is 2.73. The fourth-order valence-electron chi connectivity index (χ4n) is 1.46.